The molecule has 1 nitrogen and oxygen atoms in total. The third kappa shape index (κ3) is 3.09. The van der Waals surface area contributed by atoms with Gasteiger partial charge >= 0.3 is 0 Å². The Balaban J connectivity index is 2.44. The maximum atomic E-state index is 13.7. The first kappa shape index (κ1) is 14.3. The van der Waals surface area contributed by atoms with Gasteiger partial charge in [0.05, 0.1) is 0 Å². The van der Waals surface area contributed by atoms with Crippen molar-refractivity contribution in [3.05, 3.63) is 69.2 Å². The first-order valence-electron chi connectivity index (χ1n) is 5.37. The Morgan fingerprint density at radius 3 is 2.32 bits per heavy atom. The van der Waals surface area contributed by atoms with Crippen LogP contribution < -0.4 is 0 Å². The van der Waals surface area contributed by atoms with Crippen LogP contribution in [0.2, 0.25) is 0 Å². The second-order valence-electron chi connectivity index (χ2n) is 3.89. The summed E-state index contributed by atoms with van der Waals surface area (Å²) in [6.45, 7) is 0. The molecule has 0 saturated carbocycles. The maximum absolute atomic E-state index is 13.7. The van der Waals surface area contributed by atoms with E-state index in [1.807, 2.05) is 0 Å². The van der Waals surface area contributed by atoms with Crippen LogP contribution in [0.4, 0.5) is 8.78 Å². The van der Waals surface area contributed by atoms with Crippen LogP contribution in [0.15, 0.2) is 40.9 Å². The quantitative estimate of drug-likeness (QED) is 0.541. The number of carbonyl (C=O) groups is 1. The van der Waals surface area contributed by atoms with Gasteiger partial charge in [-0.15, -0.1) is 0 Å². The summed E-state index contributed by atoms with van der Waals surface area (Å²) in [5, 5.41) is 0.364. The lowest BCUT2D eigenvalue weighted by atomic mass is 10.0. The van der Waals surface area contributed by atoms with Gasteiger partial charge in [-0.1, -0.05) is 31.9 Å². The number of hydrogen-bond donors (Lipinski definition) is 0. The highest BCUT2D eigenvalue weighted by molar-refractivity contribution is 9.10. The summed E-state index contributed by atoms with van der Waals surface area (Å²) in [6.07, 6.45) is 0. The summed E-state index contributed by atoms with van der Waals surface area (Å²) < 4.78 is 27.0. The van der Waals surface area contributed by atoms with Crippen LogP contribution in [0.5, 0.6) is 0 Å². The number of benzene rings is 2. The third-order valence-electron chi connectivity index (χ3n) is 2.63. The van der Waals surface area contributed by atoms with Gasteiger partial charge in [0, 0.05) is 20.9 Å². The molecule has 0 unspecified atom stereocenters. The molecule has 0 radical (unpaired) electrons. The maximum Gasteiger partial charge on any atom is 0.194 e. The van der Waals surface area contributed by atoms with Crippen molar-refractivity contribution in [2.75, 3.05) is 0 Å². The zero-order chi connectivity index (χ0) is 14.0. The van der Waals surface area contributed by atoms with E-state index in [0.29, 0.717) is 20.9 Å². The van der Waals surface area contributed by atoms with Gasteiger partial charge in [-0.05, 0) is 42.0 Å². The molecule has 2 rings (SSSR count). The summed E-state index contributed by atoms with van der Waals surface area (Å²) in [5.41, 5.74) is 0.990. The van der Waals surface area contributed by atoms with Gasteiger partial charge in [0.1, 0.15) is 11.6 Å². The van der Waals surface area contributed by atoms with Crippen LogP contribution in [0.1, 0.15) is 21.5 Å². The zero-order valence-corrected chi connectivity index (χ0v) is 12.8. The molecule has 0 atom stereocenters. The minimum absolute atomic E-state index is 0.216. The minimum atomic E-state index is -0.453. The van der Waals surface area contributed by atoms with Crippen molar-refractivity contribution < 1.29 is 13.6 Å². The van der Waals surface area contributed by atoms with Crippen molar-refractivity contribution in [3.63, 3.8) is 0 Å². The van der Waals surface area contributed by atoms with Crippen molar-refractivity contribution in [2.45, 2.75) is 5.33 Å². The van der Waals surface area contributed by atoms with Gasteiger partial charge in [-0.3, -0.25) is 4.79 Å². The van der Waals surface area contributed by atoms with E-state index in [-0.39, 0.29) is 11.3 Å². The molecule has 2 aromatic rings. The first-order valence-corrected chi connectivity index (χ1v) is 7.28. The smallest absolute Gasteiger partial charge is 0.194 e. The zero-order valence-electron chi connectivity index (χ0n) is 9.59. The van der Waals surface area contributed by atoms with Crippen molar-refractivity contribution in [1.82, 2.24) is 0 Å². The van der Waals surface area contributed by atoms with E-state index in [2.05, 4.69) is 31.9 Å². The van der Waals surface area contributed by atoms with Crippen LogP contribution in [-0.4, -0.2) is 5.78 Å². The van der Waals surface area contributed by atoms with Gasteiger partial charge in [-0.25, -0.2) is 8.78 Å². The normalized spacial score (nSPS) is 10.5. The van der Waals surface area contributed by atoms with E-state index in [0.717, 1.165) is 0 Å². The Hall–Kier alpha value is -1.07. The molecule has 19 heavy (non-hydrogen) atoms. The van der Waals surface area contributed by atoms with E-state index in [1.54, 1.807) is 6.07 Å². The van der Waals surface area contributed by atoms with E-state index >= 15 is 0 Å². The van der Waals surface area contributed by atoms with E-state index in [9.17, 15) is 13.6 Å². The predicted molar refractivity (Wildman–Crippen MR) is 76.6 cm³/mol. The summed E-state index contributed by atoms with van der Waals surface area (Å²) >= 11 is 6.42. The van der Waals surface area contributed by atoms with Crippen LogP contribution in [-0.2, 0) is 5.33 Å². The second-order valence-corrected chi connectivity index (χ2v) is 5.31. The highest BCUT2D eigenvalue weighted by Gasteiger charge is 2.15. The number of carbonyl (C=O) groups excluding carboxylic acids is 1. The Morgan fingerprint density at radius 2 is 1.74 bits per heavy atom. The molecule has 5 heteroatoms. The van der Waals surface area contributed by atoms with Crippen LogP contribution in [0.25, 0.3) is 0 Å². The fourth-order valence-corrected chi connectivity index (χ4v) is 2.62. The molecule has 0 fully saturated rings. The van der Waals surface area contributed by atoms with Crippen molar-refractivity contribution in [1.29, 1.82) is 0 Å². The first-order chi connectivity index (χ1) is 9.02. The average molecular weight is 390 g/mol. The van der Waals surface area contributed by atoms with Crippen LogP contribution in [0.3, 0.4) is 0 Å². The van der Waals surface area contributed by atoms with Gasteiger partial charge in [0.25, 0.3) is 0 Å². The molecule has 0 aliphatic heterocycles. The molecule has 0 amide bonds. The topological polar surface area (TPSA) is 17.1 Å². The molecule has 98 valence electrons. The van der Waals surface area contributed by atoms with Crippen molar-refractivity contribution in [2.24, 2.45) is 0 Å². The van der Waals surface area contributed by atoms with Crippen molar-refractivity contribution in [3.8, 4) is 0 Å². The molecule has 0 spiro atoms. The Kier molecular flexibility index (Phi) is 4.47. The molecule has 0 aliphatic rings. The monoisotopic (exact) mass is 388 g/mol. The fourth-order valence-electron chi connectivity index (χ4n) is 1.62. The molecule has 0 aromatic heterocycles. The molecule has 0 N–H and O–H groups in total. The van der Waals surface area contributed by atoms with E-state index < -0.39 is 11.6 Å². The Morgan fingerprint density at radius 1 is 1.11 bits per heavy atom. The number of alkyl halides is 1. The number of hydrogen-bond acceptors (Lipinski definition) is 1. The van der Waals surface area contributed by atoms with Gasteiger partial charge in [-0.2, -0.15) is 0 Å². The SMILES string of the molecule is O=C(c1ccc(F)cc1)c1cc(F)c(CBr)cc1Br. The Labute approximate surface area is 125 Å². The average Bonchev–Trinajstić information content (AvgIpc) is 2.41. The lowest BCUT2D eigenvalue weighted by Gasteiger charge is -2.07. The second kappa shape index (κ2) is 5.92. The molecular formula is C14H8Br2F2O. The molecule has 0 saturated heterocycles. The highest BCUT2D eigenvalue weighted by Crippen LogP contribution is 2.25. The third-order valence-corrected chi connectivity index (χ3v) is 3.89. The van der Waals surface area contributed by atoms with E-state index in [1.165, 1.54) is 30.3 Å². The summed E-state index contributed by atoms with van der Waals surface area (Å²) in [7, 11) is 0. The molecule has 0 heterocycles. The lowest BCUT2D eigenvalue weighted by molar-refractivity contribution is 0.103. The van der Waals surface area contributed by atoms with E-state index in [4.69, 9.17) is 0 Å². The van der Waals surface area contributed by atoms with Gasteiger partial charge < -0.3 is 0 Å². The Bertz CT molecular complexity index is 624. The van der Waals surface area contributed by atoms with Crippen LogP contribution >= 0.6 is 31.9 Å². The van der Waals surface area contributed by atoms with Crippen molar-refractivity contribution >= 4 is 37.6 Å². The predicted octanol–water partition coefficient (Wildman–Crippen LogP) is 4.85. The molecular weight excluding hydrogens is 382 g/mol. The molecule has 0 bridgehead atoms. The number of ketones is 1. The summed E-state index contributed by atoms with van der Waals surface area (Å²) in [6, 6.07) is 7.89. The van der Waals surface area contributed by atoms with Crippen LogP contribution in [0, 0.1) is 11.6 Å². The van der Waals surface area contributed by atoms with Gasteiger partial charge in [0.2, 0.25) is 0 Å². The standard InChI is InChI=1S/C14H8Br2F2O/c15-7-9-5-12(16)11(6-13(9)18)14(19)8-1-3-10(17)4-2-8/h1-6H,7H2. The summed E-state index contributed by atoms with van der Waals surface area (Å²) in [5.74, 6) is -1.23. The minimum Gasteiger partial charge on any atom is -0.289 e. The highest BCUT2D eigenvalue weighted by atomic mass is 79.9. The largest absolute Gasteiger partial charge is 0.289 e. The fraction of sp³-hybridized carbons (Fsp3) is 0.0714. The molecule has 0 aliphatic carbocycles. The number of rotatable bonds is 3. The summed E-state index contributed by atoms with van der Waals surface area (Å²) in [4.78, 5) is 12.2. The lowest BCUT2D eigenvalue weighted by Crippen LogP contribution is -2.04. The number of halogens is 4. The molecule has 2 aromatic carbocycles. The van der Waals surface area contributed by atoms with Gasteiger partial charge in [0.15, 0.2) is 5.78 Å².